The summed E-state index contributed by atoms with van der Waals surface area (Å²) in [6.45, 7) is 6.30. The first-order valence-electron chi connectivity index (χ1n) is 7.62. The van der Waals surface area contributed by atoms with Crippen molar-refractivity contribution in [3.63, 3.8) is 0 Å². The highest BCUT2D eigenvalue weighted by molar-refractivity contribution is 7.91. The fraction of sp³-hybridized carbons (Fsp3) is 1.00. The lowest BCUT2D eigenvalue weighted by Gasteiger charge is -2.40. The second-order valence-electron chi connectivity index (χ2n) is 6.49. The van der Waals surface area contributed by atoms with Crippen LogP contribution < -0.4 is 0 Å². The van der Waals surface area contributed by atoms with Crippen LogP contribution in [0.4, 0.5) is 0 Å². The SMILES string of the molecule is CC(C)CS(=O)(=O)N1CCN(C2CCS(=O)(=O)CC2)CC1. The van der Waals surface area contributed by atoms with Gasteiger partial charge in [0.05, 0.1) is 17.3 Å². The van der Waals surface area contributed by atoms with Crippen molar-refractivity contribution in [2.75, 3.05) is 43.4 Å². The summed E-state index contributed by atoms with van der Waals surface area (Å²) in [5, 5.41) is 0. The van der Waals surface area contributed by atoms with Crippen LogP contribution in [0, 0.1) is 5.92 Å². The van der Waals surface area contributed by atoms with Gasteiger partial charge in [-0.25, -0.2) is 16.8 Å². The van der Waals surface area contributed by atoms with E-state index in [1.54, 1.807) is 4.31 Å². The molecule has 2 heterocycles. The Balaban J connectivity index is 1.86. The standard InChI is InChI=1S/C13H26N2O4S2/c1-12(2)11-21(18,19)15-7-5-14(6-8-15)13-3-9-20(16,17)10-4-13/h12-13H,3-11H2,1-2H3. The topological polar surface area (TPSA) is 74.8 Å². The Bertz CT molecular complexity index is 535. The van der Waals surface area contributed by atoms with Crippen LogP contribution in [0.2, 0.25) is 0 Å². The van der Waals surface area contributed by atoms with E-state index in [9.17, 15) is 16.8 Å². The van der Waals surface area contributed by atoms with Gasteiger partial charge in [-0.1, -0.05) is 13.8 Å². The van der Waals surface area contributed by atoms with Crippen LogP contribution in [0.25, 0.3) is 0 Å². The number of sulfonamides is 1. The molecule has 0 aliphatic carbocycles. The van der Waals surface area contributed by atoms with Gasteiger partial charge in [-0.3, -0.25) is 4.90 Å². The molecule has 2 aliphatic rings. The normalized spacial score (nSPS) is 26.2. The lowest BCUT2D eigenvalue weighted by molar-refractivity contribution is 0.129. The van der Waals surface area contributed by atoms with Crippen LogP contribution >= 0.6 is 0 Å². The number of hydrogen-bond acceptors (Lipinski definition) is 5. The molecule has 0 bridgehead atoms. The van der Waals surface area contributed by atoms with Crippen molar-refractivity contribution in [2.45, 2.75) is 32.7 Å². The van der Waals surface area contributed by atoms with Crippen molar-refractivity contribution in [3.05, 3.63) is 0 Å². The summed E-state index contributed by atoms with van der Waals surface area (Å²) < 4.78 is 48.9. The molecule has 0 N–H and O–H groups in total. The second-order valence-corrected chi connectivity index (χ2v) is 10.8. The summed E-state index contributed by atoms with van der Waals surface area (Å²) in [5.41, 5.74) is 0. The first-order chi connectivity index (χ1) is 9.70. The first-order valence-corrected chi connectivity index (χ1v) is 11.0. The van der Waals surface area contributed by atoms with Crippen molar-refractivity contribution in [3.8, 4) is 0 Å². The highest BCUT2D eigenvalue weighted by Crippen LogP contribution is 2.20. The van der Waals surface area contributed by atoms with Crippen LogP contribution in [0.5, 0.6) is 0 Å². The molecule has 2 fully saturated rings. The molecular weight excluding hydrogens is 312 g/mol. The van der Waals surface area contributed by atoms with Crippen LogP contribution in [0.1, 0.15) is 26.7 Å². The molecule has 2 saturated heterocycles. The minimum absolute atomic E-state index is 0.136. The third kappa shape index (κ3) is 4.64. The van der Waals surface area contributed by atoms with Crippen molar-refractivity contribution >= 4 is 19.9 Å². The fourth-order valence-electron chi connectivity index (χ4n) is 3.12. The maximum absolute atomic E-state index is 12.2. The van der Waals surface area contributed by atoms with Crippen LogP contribution in [-0.4, -0.2) is 75.5 Å². The zero-order valence-electron chi connectivity index (χ0n) is 12.9. The van der Waals surface area contributed by atoms with E-state index >= 15 is 0 Å². The van der Waals surface area contributed by atoms with Gasteiger partial charge in [-0.05, 0) is 18.8 Å². The first kappa shape index (κ1) is 17.2. The molecule has 0 saturated carbocycles. The third-order valence-electron chi connectivity index (χ3n) is 4.25. The van der Waals surface area contributed by atoms with E-state index in [1.165, 1.54) is 0 Å². The Kier molecular flexibility index (Phi) is 5.33. The van der Waals surface area contributed by atoms with Crippen LogP contribution in [0.15, 0.2) is 0 Å². The molecule has 2 rings (SSSR count). The summed E-state index contributed by atoms with van der Waals surface area (Å²) in [5.74, 6) is 0.874. The monoisotopic (exact) mass is 338 g/mol. The molecule has 0 radical (unpaired) electrons. The van der Waals surface area contributed by atoms with Crippen molar-refractivity contribution in [1.82, 2.24) is 9.21 Å². The van der Waals surface area contributed by atoms with Gasteiger partial charge in [0.2, 0.25) is 10.0 Å². The molecule has 124 valence electrons. The number of piperazine rings is 1. The molecule has 0 aromatic carbocycles. The lowest BCUT2D eigenvalue weighted by atomic mass is 10.1. The molecule has 2 aliphatic heterocycles. The highest BCUT2D eigenvalue weighted by Gasteiger charge is 2.33. The molecule has 0 spiro atoms. The summed E-state index contributed by atoms with van der Waals surface area (Å²) in [6, 6.07) is 0.295. The van der Waals surface area contributed by atoms with Gasteiger partial charge < -0.3 is 0 Å². The Morgan fingerprint density at radius 3 is 2.05 bits per heavy atom. The predicted molar refractivity (Wildman–Crippen MR) is 83.4 cm³/mol. The van der Waals surface area contributed by atoms with Crippen molar-refractivity contribution in [2.24, 2.45) is 5.92 Å². The van der Waals surface area contributed by atoms with Gasteiger partial charge in [0.25, 0.3) is 0 Å². The summed E-state index contributed by atoms with van der Waals surface area (Å²) in [4.78, 5) is 2.26. The van der Waals surface area contributed by atoms with Gasteiger partial charge in [-0.2, -0.15) is 4.31 Å². The molecule has 6 nitrogen and oxygen atoms in total. The number of hydrogen-bond donors (Lipinski definition) is 0. The Morgan fingerprint density at radius 1 is 1.05 bits per heavy atom. The van der Waals surface area contributed by atoms with Gasteiger partial charge >= 0.3 is 0 Å². The molecule has 0 unspecified atom stereocenters. The number of sulfone groups is 1. The Labute approximate surface area is 128 Å². The zero-order chi connectivity index (χ0) is 15.7. The average Bonchev–Trinajstić information content (AvgIpc) is 2.37. The minimum atomic E-state index is -3.14. The number of rotatable bonds is 4. The number of nitrogens with zero attached hydrogens (tertiary/aromatic N) is 2. The van der Waals surface area contributed by atoms with Gasteiger partial charge in [-0.15, -0.1) is 0 Å². The van der Waals surface area contributed by atoms with Crippen LogP contribution in [-0.2, 0) is 19.9 Å². The second kappa shape index (κ2) is 6.52. The van der Waals surface area contributed by atoms with E-state index in [-0.39, 0.29) is 23.2 Å². The van der Waals surface area contributed by atoms with Gasteiger partial charge in [0.1, 0.15) is 9.84 Å². The van der Waals surface area contributed by atoms with Gasteiger partial charge in [0.15, 0.2) is 0 Å². The molecular formula is C13H26N2O4S2. The molecule has 0 atom stereocenters. The van der Waals surface area contributed by atoms with Crippen molar-refractivity contribution < 1.29 is 16.8 Å². The minimum Gasteiger partial charge on any atom is -0.298 e. The molecule has 8 heteroatoms. The third-order valence-corrected chi connectivity index (χ3v) is 8.21. The van der Waals surface area contributed by atoms with Gasteiger partial charge in [0, 0.05) is 32.2 Å². The largest absolute Gasteiger partial charge is 0.298 e. The molecule has 0 aromatic rings. The maximum Gasteiger partial charge on any atom is 0.214 e. The van der Waals surface area contributed by atoms with E-state index in [4.69, 9.17) is 0 Å². The predicted octanol–water partition coefficient (Wildman–Crippen LogP) is 0.167. The Morgan fingerprint density at radius 2 is 1.57 bits per heavy atom. The van der Waals surface area contributed by atoms with E-state index in [0.29, 0.717) is 45.1 Å². The zero-order valence-corrected chi connectivity index (χ0v) is 14.5. The fourth-order valence-corrected chi connectivity index (χ4v) is 6.36. The summed E-state index contributed by atoms with van der Waals surface area (Å²) in [7, 11) is -5.98. The summed E-state index contributed by atoms with van der Waals surface area (Å²) in [6.07, 6.45) is 1.36. The average molecular weight is 338 g/mol. The van der Waals surface area contributed by atoms with E-state index in [0.717, 1.165) is 0 Å². The highest BCUT2D eigenvalue weighted by atomic mass is 32.2. The quantitative estimate of drug-likeness (QED) is 0.730. The maximum atomic E-state index is 12.2. The lowest BCUT2D eigenvalue weighted by Crippen LogP contribution is -2.53. The van der Waals surface area contributed by atoms with Crippen molar-refractivity contribution in [1.29, 1.82) is 0 Å². The smallest absolute Gasteiger partial charge is 0.214 e. The van der Waals surface area contributed by atoms with E-state index < -0.39 is 19.9 Å². The molecule has 0 amide bonds. The molecule has 0 aromatic heterocycles. The molecule has 21 heavy (non-hydrogen) atoms. The van der Waals surface area contributed by atoms with Crippen LogP contribution in [0.3, 0.4) is 0 Å². The van der Waals surface area contributed by atoms with E-state index in [2.05, 4.69) is 4.90 Å². The summed E-state index contributed by atoms with van der Waals surface area (Å²) >= 11 is 0. The Hall–Kier alpha value is -0.180. The van der Waals surface area contributed by atoms with E-state index in [1.807, 2.05) is 13.8 Å².